The van der Waals surface area contributed by atoms with E-state index >= 15 is 0 Å². The van der Waals surface area contributed by atoms with E-state index in [4.69, 9.17) is 0 Å². The van der Waals surface area contributed by atoms with Crippen LogP contribution in [0.4, 0.5) is 27.6 Å². The third-order valence-electron chi connectivity index (χ3n) is 8.81. The van der Waals surface area contributed by atoms with Gasteiger partial charge in [-0.15, -0.1) is 0 Å². The molecule has 2 aromatic heterocycles. The fourth-order valence-corrected chi connectivity index (χ4v) is 7.87. The Morgan fingerprint density at radius 3 is 2.24 bits per heavy atom. The normalized spacial score (nSPS) is 17.7. The summed E-state index contributed by atoms with van der Waals surface area (Å²) in [4.78, 5) is 29.1. The predicted molar refractivity (Wildman–Crippen MR) is 156 cm³/mol. The molecule has 15 heteroatoms. The van der Waals surface area contributed by atoms with E-state index in [1.165, 1.54) is 42.8 Å². The fraction of sp³-hybridized carbons (Fsp3) is 0.355. The Morgan fingerprint density at radius 2 is 1.63 bits per heavy atom. The number of nitrogens with zero attached hydrogens (tertiary/aromatic N) is 4. The van der Waals surface area contributed by atoms with Crippen LogP contribution >= 0.6 is 0 Å². The van der Waals surface area contributed by atoms with Crippen molar-refractivity contribution in [2.75, 3.05) is 11.4 Å². The number of aryl methyl sites for hydroxylation is 1. The van der Waals surface area contributed by atoms with Gasteiger partial charge in [0.05, 0.1) is 11.6 Å². The van der Waals surface area contributed by atoms with Gasteiger partial charge in [0.25, 0.3) is 5.56 Å². The van der Waals surface area contributed by atoms with Crippen molar-refractivity contribution < 1.29 is 40.1 Å². The molecule has 2 fully saturated rings. The molecule has 1 N–H and O–H groups in total. The summed E-state index contributed by atoms with van der Waals surface area (Å²) in [6, 6.07) is 6.78. The number of aromatic amines is 1. The number of fused-ring (bicyclic) bond motifs is 1. The van der Waals surface area contributed by atoms with Gasteiger partial charge in [-0.05, 0) is 49.4 Å². The van der Waals surface area contributed by atoms with Gasteiger partial charge in [-0.1, -0.05) is 19.3 Å². The zero-order valence-corrected chi connectivity index (χ0v) is 25.4. The van der Waals surface area contributed by atoms with Crippen LogP contribution in [0.2, 0.25) is 0 Å². The lowest BCUT2D eigenvalue weighted by Crippen LogP contribution is -2.59. The van der Waals surface area contributed by atoms with Crippen LogP contribution in [0.5, 0.6) is 0 Å². The van der Waals surface area contributed by atoms with Crippen LogP contribution in [0, 0.1) is 29.1 Å². The number of H-pyrrole nitrogens is 1. The standard InChI is InChI=1S/C31H28F5N5O4S/c1-39-30(42)22-10-9-21(13-19(22)15-38-39)40(16-20-8-7-18(14-37-20)17-5-3-2-4-6-17)31(43)23-11-12-41(23)46(44,45)29-27(35)25(33)24(32)26(34)28(29)36/h7-10,13-15,17,23H,2-6,11-12,16H2,1H3/p+1/t23-/m1/s1. The maximum Gasteiger partial charge on any atom is 0.274 e. The van der Waals surface area contributed by atoms with Crippen molar-refractivity contribution in [2.45, 2.75) is 61.9 Å². The second-order valence-electron chi connectivity index (χ2n) is 11.6. The van der Waals surface area contributed by atoms with E-state index < -0.39 is 62.5 Å². The predicted octanol–water partition coefficient (Wildman–Crippen LogP) is 4.49. The Labute approximate surface area is 260 Å². The van der Waals surface area contributed by atoms with Gasteiger partial charge in [0.2, 0.25) is 21.7 Å². The number of hydrogen-bond donors (Lipinski definition) is 0. The van der Waals surface area contributed by atoms with Crippen LogP contribution in [0.25, 0.3) is 10.8 Å². The molecule has 1 aliphatic carbocycles. The molecule has 1 saturated heterocycles. The number of hydrogen-bond acceptors (Lipinski definition) is 5. The summed E-state index contributed by atoms with van der Waals surface area (Å²) in [5, 5.41) is 4.73. The molecule has 2 aromatic carbocycles. The first-order valence-corrected chi connectivity index (χ1v) is 16.2. The van der Waals surface area contributed by atoms with E-state index in [2.05, 4.69) is 10.1 Å². The highest BCUT2D eigenvalue weighted by atomic mass is 32.2. The Kier molecular flexibility index (Phi) is 8.40. The molecule has 6 rings (SSSR count). The molecular formula is C31H29F5N5O4S+. The maximum atomic E-state index is 14.6. The van der Waals surface area contributed by atoms with Gasteiger partial charge in [-0.3, -0.25) is 9.59 Å². The lowest BCUT2D eigenvalue weighted by Gasteiger charge is -2.40. The van der Waals surface area contributed by atoms with Gasteiger partial charge in [-0.25, -0.2) is 40.0 Å². The first kappa shape index (κ1) is 31.7. The largest absolute Gasteiger partial charge is 0.300 e. The van der Waals surface area contributed by atoms with Crippen molar-refractivity contribution in [1.82, 2.24) is 14.1 Å². The van der Waals surface area contributed by atoms with Crippen LogP contribution < -0.4 is 15.4 Å². The molecule has 3 heterocycles. The minimum absolute atomic E-state index is 0.0794. The summed E-state index contributed by atoms with van der Waals surface area (Å²) in [7, 11) is -3.86. The van der Waals surface area contributed by atoms with Crippen LogP contribution in [-0.4, -0.2) is 41.0 Å². The van der Waals surface area contributed by atoms with Gasteiger partial charge in [-0.2, -0.15) is 9.40 Å². The average molecular weight is 663 g/mol. The molecule has 0 unspecified atom stereocenters. The minimum Gasteiger partial charge on any atom is -0.300 e. The van der Waals surface area contributed by atoms with Gasteiger partial charge < -0.3 is 4.90 Å². The zero-order valence-electron chi connectivity index (χ0n) is 24.6. The average Bonchev–Trinajstić information content (AvgIpc) is 3.03. The first-order valence-electron chi connectivity index (χ1n) is 14.7. The summed E-state index contributed by atoms with van der Waals surface area (Å²) in [5.74, 6) is -12.7. The van der Waals surface area contributed by atoms with Crippen LogP contribution in [0.15, 0.2) is 52.4 Å². The monoisotopic (exact) mass is 662 g/mol. The number of halogens is 5. The van der Waals surface area contributed by atoms with Gasteiger partial charge in [0.1, 0.15) is 12.6 Å². The van der Waals surface area contributed by atoms with Crippen LogP contribution in [-0.2, 0) is 28.4 Å². The molecule has 1 aliphatic heterocycles. The second kappa shape index (κ2) is 12.2. The van der Waals surface area contributed by atoms with Crippen molar-refractivity contribution in [2.24, 2.45) is 7.05 Å². The number of carbonyl (C=O) groups is 1. The molecular weight excluding hydrogens is 633 g/mol. The molecule has 1 amide bonds. The first-order chi connectivity index (χ1) is 21.9. The van der Waals surface area contributed by atoms with E-state index in [1.807, 2.05) is 18.3 Å². The van der Waals surface area contributed by atoms with Gasteiger partial charge in [0.15, 0.2) is 40.1 Å². The number of anilines is 1. The van der Waals surface area contributed by atoms with E-state index in [0.717, 1.165) is 35.9 Å². The number of rotatable bonds is 7. The number of sulfonamides is 1. The molecule has 242 valence electrons. The van der Waals surface area contributed by atoms with Gasteiger partial charge >= 0.3 is 0 Å². The number of pyridine rings is 1. The molecule has 1 saturated carbocycles. The van der Waals surface area contributed by atoms with E-state index in [9.17, 15) is 40.0 Å². The molecule has 46 heavy (non-hydrogen) atoms. The number of aromatic nitrogens is 3. The van der Waals surface area contributed by atoms with E-state index in [1.54, 1.807) is 0 Å². The molecule has 2 aliphatic rings. The van der Waals surface area contributed by atoms with Crippen molar-refractivity contribution in [3.8, 4) is 0 Å². The summed E-state index contributed by atoms with van der Waals surface area (Å²) >= 11 is 0. The van der Waals surface area contributed by atoms with Crippen LogP contribution in [0.1, 0.15) is 55.7 Å². The lowest BCUT2D eigenvalue weighted by molar-refractivity contribution is -0.391. The Balaban J connectivity index is 1.36. The molecule has 1 atom stereocenters. The van der Waals surface area contributed by atoms with Crippen molar-refractivity contribution in [1.29, 1.82) is 0 Å². The molecule has 0 radical (unpaired) electrons. The van der Waals surface area contributed by atoms with E-state index in [0.29, 0.717) is 26.7 Å². The lowest BCUT2D eigenvalue weighted by atomic mass is 9.85. The summed E-state index contributed by atoms with van der Waals surface area (Å²) in [6.07, 6.45) is 8.82. The number of nitrogens with one attached hydrogen (secondary N) is 1. The third kappa shape index (κ3) is 5.44. The highest BCUT2D eigenvalue weighted by Gasteiger charge is 2.48. The Bertz CT molecular complexity index is 1990. The zero-order chi connectivity index (χ0) is 32.9. The second-order valence-corrected chi connectivity index (χ2v) is 13.4. The van der Waals surface area contributed by atoms with Crippen molar-refractivity contribution in [3.05, 3.63) is 93.4 Å². The minimum atomic E-state index is -5.34. The number of amides is 1. The summed E-state index contributed by atoms with van der Waals surface area (Å²) in [6.45, 7) is -0.494. The van der Waals surface area contributed by atoms with Crippen molar-refractivity contribution in [3.63, 3.8) is 0 Å². The van der Waals surface area contributed by atoms with Gasteiger partial charge in [0, 0.05) is 36.3 Å². The maximum absolute atomic E-state index is 14.6. The summed E-state index contributed by atoms with van der Waals surface area (Å²) in [5.41, 5.74) is 1.57. The SMILES string of the molecule is Cn1ncc2cc(N(Cc3ccc(C4CCCCC4)c[nH+]3)C(=O)[C@H]3CCN3S(=O)(=O)c3c(F)c(F)c(F)c(F)c3F)ccc2c1=O. The molecule has 9 nitrogen and oxygen atoms in total. The highest BCUT2D eigenvalue weighted by Crippen LogP contribution is 2.36. The van der Waals surface area contributed by atoms with Crippen LogP contribution in [0.3, 0.4) is 0 Å². The number of carbonyl (C=O) groups excluding carboxylic acids is 1. The van der Waals surface area contributed by atoms with E-state index in [-0.39, 0.29) is 24.2 Å². The number of benzene rings is 2. The quantitative estimate of drug-likeness (QED) is 0.165. The topological polar surface area (TPSA) is 107 Å². The smallest absolute Gasteiger partial charge is 0.274 e. The Morgan fingerprint density at radius 1 is 0.957 bits per heavy atom. The third-order valence-corrected chi connectivity index (χ3v) is 10.7. The summed E-state index contributed by atoms with van der Waals surface area (Å²) < 4.78 is 98.9. The highest BCUT2D eigenvalue weighted by molar-refractivity contribution is 7.89. The molecule has 0 spiro atoms. The fourth-order valence-electron chi connectivity index (χ4n) is 6.13. The molecule has 4 aromatic rings. The van der Waals surface area contributed by atoms with Crippen molar-refractivity contribution >= 4 is 32.4 Å². The molecule has 0 bridgehead atoms. The Hall–Kier alpha value is -4.24.